The molecule has 7 heteroatoms. The highest BCUT2D eigenvalue weighted by Crippen LogP contribution is 2.31. The molecule has 1 aromatic heterocycles. The summed E-state index contributed by atoms with van der Waals surface area (Å²) < 4.78 is 42.5. The zero-order valence-corrected chi connectivity index (χ0v) is 8.53. The van der Waals surface area contributed by atoms with Gasteiger partial charge < -0.3 is 10.2 Å². The number of rotatable bonds is 2. The maximum atomic E-state index is 12.5. The lowest BCUT2D eigenvalue weighted by atomic mass is 10.1. The lowest BCUT2D eigenvalue weighted by Gasteiger charge is -2.06. The molecule has 1 aromatic carbocycles. The van der Waals surface area contributed by atoms with E-state index < -0.39 is 11.7 Å². The molecule has 4 nitrogen and oxygen atoms in total. The number of halogens is 3. The molecule has 0 aliphatic rings. The van der Waals surface area contributed by atoms with Crippen LogP contribution >= 0.6 is 0 Å². The number of hydrogen-bond acceptors (Lipinski definition) is 4. The normalized spacial score (nSPS) is 11.8. The van der Waals surface area contributed by atoms with Crippen molar-refractivity contribution in [2.24, 2.45) is 5.73 Å². The fraction of sp³-hybridized carbons (Fsp3) is 0.200. The lowest BCUT2D eigenvalue weighted by molar-refractivity contribution is -0.137. The molecule has 0 unspecified atom stereocenters. The van der Waals surface area contributed by atoms with E-state index in [1.165, 1.54) is 12.1 Å². The van der Waals surface area contributed by atoms with E-state index in [-0.39, 0.29) is 23.9 Å². The summed E-state index contributed by atoms with van der Waals surface area (Å²) in [5.74, 6) is 0.203. The molecule has 2 aromatic rings. The van der Waals surface area contributed by atoms with Gasteiger partial charge in [0.15, 0.2) is 0 Å². The summed E-state index contributed by atoms with van der Waals surface area (Å²) in [7, 11) is 0. The minimum atomic E-state index is -4.40. The summed E-state index contributed by atoms with van der Waals surface area (Å²) in [6.07, 6.45) is -4.40. The zero-order chi connectivity index (χ0) is 12.5. The quantitative estimate of drug-likeness (QED) is 0.878. The molecule has 0 aliphatic heterocycles. The van der Waals surface area contributed by atoms with E-state index in [0.29, 0.717) is 0 Å². The zero-order valence-electron chi connectivity index (χ0n) is 8.53. The van der Waals surface area contributed by atoms with E-state index in [4.69, 9.17) is 10.2 Å². The molecule has 0 bridgehead atoms. The van der Waals surface area contributed by atoms with Crippen LogP contribution < -0.4 is 5.73 Å². The molecular formula is C10H8F3N3O. The van der Waals surface area contributed by atoms with Gasteiger partial charge in [-0.15, -0.1) is 10.2 Å². The Labute approximate surface area is 94.3 Å². The van der Waals surface area contributed by atoms with Gasteiger partial charge in [0.1, 0.15) is 0 Å². The second kappa shape index (κ2) is 4.17. The van der Waals surface area contributed by atoms with Gasteiger partial charge in [-0.2, -0.15) is 13.2 Å². The first-order valence-corrected chi connectivity index (χ1v) is 4.71. The molecule has 1 heterocycles. The average molecular weight is 243 g/mol. The molecule has 0 amide bonds. The van der Waals surface area contributed by atoms with Crippen molar-refractivity contribution in [2.45, 2.75) is 12.7 Å². The maximum absolute atomic E-state index is 12.5. The van der Waals surface area contributed by atoms with Crippen LogP contribution in [0.3, 0.4) is 0 Å². The van der Waals surface area contributed by atoms with Gasteiger partial charge in [0, 0.05) is 5.56 Å². The molecule has 17 heavy (non-hydrogen) atoms. The Morgan fingerprint density at radius 3 is 2.59 bits per heavy atom. The van der Waals surface area contributed by atoms with Gasteiger partial charge in [0.2, 0.25) is 11.8 Å². The minimum absolute atomic E-state index is 0.0246. The van der Waals surface area contributed by atoms with E-state index >= 15 is 0 Å². The van der Waals surface area contributed by atoms with E-state index in [2.05, 4.69) is 10.2 Å². The largest absolute Gasteiger partial charge is 0.419 e. The van der Waals surface area contributed by atoms with E-state index in [1.807, 2.05) is 0 Å². The van der Waals surface area contributed by atoms with Crippen molar-refractivity contribution < 1.29 is 17.6 Å². The average Bonchev–Trinajstić information content (AvgIpc) is 2.76. The molecule has 0 atom stereocenters. The second-order valence-corrected chi connectivity index (χ2v) is 3.28. The summed E-state index contributed by atoms with van der Waals surface area (Å²) in [4.78, 5) is 0. The molecule has 0 radical (unpaired) electrons. The molecule has 2 N–H and O–H groups in total. The molecule has 0 saturated heterocycles. The molecule has 0 saturated carbocycles. The first-order valence-electron chi connectivity index (χ1n) is 4.71. The number of benzene rings is 1. The van der Waals surface area contributed by atoms with Gasteiger partial charge >= 0.3 is 6.18 Å². The summed E-state index contributed by atoms with van der Waals surface area (Å²) in [5.41, 5.74) is 4.72. The van der Waals surface area contributed by atoms with Gasteiger partial charge in [-0.05, 0) is 18.2 Å². The van der Waals surface area contributed by atoms with Crippen molar-refractivity contribution >= 4 is 0 Å². The molecule has 2 rings (SSSR count). The third kappa shape index (κ3) is 2.44. The number of nitrogens with two attached hydrogens (primary N) is 1. The van der Waals surface area contributed by atoms with E-state index in [0.717, 1.165) is 12.1 Å². The Morgan fingerprint density at radius 1 is 1.24 bits per heavy atom. The predicted molar refractivity (Wildman–Crippen MR) is 52.6 cm³/mol. The Balaban J connectivity index is 2.39. The second-order valence-electron chi connectivity index (χ2n) is 3.28. The minimum Gasteiger partial charge on any atom is -0.419 e. The van der Waals surface area contributed by atoms with Gasteiger partial charge in [-0.1, -0.05) is 6.07 Å². The highest BCUT2D eigenvalue weighted by atomic mass is 19.4. The van der Waals surface area contributed by atoms with Crippen LogP contribution in [0.4, 0.5) is 13.2 Å². The first-order chi connectivity index (χ1) is 8.00. The monoisotopic (exact) mass is 243 g/mol. The van der Waals surface area contributed by atoms with E-state index in [9.17, 15) is 13.2 Å². The van der Waals surface area contributed by atoms with Crippen molar-refractivity contribution in [1.82, 2.24) is 10.2 Å². The molecule has 90 valence electrons. The number of hydrogen-bond donors (Lipinski definition) is 1. The molecule has 0 aliphatic carbocycles. The number of aromatic nitrogens is 2. The van der Waals surface area contributed by atoms with Crippen molar-refractivity contribution in [3.8, 4) is 11.5 Å². The fourth-order valence-corrected chi connectivity index (χ4v) is 1.28. The Morgan fingerprint density at radius 2 is 2.00 bits per heavy atom. The fourth-order valence-electron chi connectivity index (χ4n) is 1.28. The van der Waals surface area contributed by atoms with Gasteiger partial charge in [0.25, 0.3) is 0 Å². The maximum Gasteiger partial charge on any atom is 0.416 e. The standard InChI is InChI=1S/C10H8F3N3O/c11-10(12,13)7-3-1-2-6(4-7)9-16-15-8(5-14)17-9/h1-4H,5,14H2. The number of alkyl halides is 3. The van der Waals surface area contributed by atoms with Crippen molar-refractivity contribution in [3.05, 3.63) is 35.7 Å². The first kappa shape index (κ1) is 11.6. The van der Waals surface area contributed by atoms with E-state index in [1.54, 1.807) is 0 Å². The lowest BCUT2D eigenvalue weighted by Crippen LogP contribution is -2.04. The topological polar surface area (TPSA) is 64.9 Å². The molecular weight excluding hydrogens is 235 g/mol. The van der Waals surface area contributed by atoms with Crippen LogP contribution in [0.5, 0.6) is 0 Å². The van der Waals surface area contributed by atoms with Crippen molar-refractivity contribution in [3.63, 3.8) is 0 Å². The Kier molecular flexibility index (Phi) is 2.84. The van der Waals surface area contributed by atoms with Crippen LogP contribution in [-0.2, 0) is 12.7 Å². The van der Waals surface area contributed by atoms with Crippen LogP contribution in [0, 0.1) is 0 Å². The number of nitrogens with zero attached hydrogens (tertiary/aromatic N) is 2. The van der Waals surface area contributed by atoms with Crippen LogP contribution in [-0.4, -0.2) is 10.2 Å². The summed E-state index contributed by atoms with van der Waals surface area (Å²) in [6, 6.07) is 4.67. The summed E-state index contributed by atoms with van der Waals surface area (Å²) in [5, 5.41) is 7.20. The smallest absolute Gasteiger partial charge is 0.416 e. The Bertz CT molecular complexity index is 522. The van der Waals surface area contributed by atoms with Crippen LogP contribution in [0.1, 0.15) is 11.5 Å². The van der Waals surface area contributed by atoms with Crippen LogP contribution in [0.15, 0.2) is 28.7 Å². The highest BCUT2D eigenvalue weighted by molar-refractivity contribution is 5.54. The third-order valence-electron chi connectivity index (χ3n) is 2.08. The van der Waals surface area contributed by atoms with Crippen molar-refractivity contribution in [1.29, 1.82) is 0 Å². The van der Waals surface area contributed by atoms with Gasteiger partial charge in [0.05, 0.1) is 12.1 Å². The van der Waals surface area contributed by atoms with Gasteiger partial charge in [-0.25, -0.2) is 0 Å². The van der Waals surface area contributed by atoms with Gasteiger partial charge in [-0.3, -0.25) is 0 Å². The third-order valence-corrected chi connectivity index (χ3v) is 2.08. The predicted octanol–water partition coefficient (Wildman–Crippen LogP) is 2.21. The summed E-state index contributed by atoms with van der Waals surface area (Å²) in [6.45, 7) is 0.0476. The van der Waals surface area contributed by atoms with Crippen LogP contribution in [0.2, 0.25) is 0 Å². The SMILES string of the molecule is NCc1nnc(-c2cccc(C(F)(F)F)c2)o1. The Hall–Kier alpha value is -1.89. The highest BCUT2D eigenvalue weighted by Gasteiger charge is 2.30. The molecule has 0 fully saturated rings. The van der Waals surface area contributed by atoms with Crippen molar-refractivity contribution in [2.75, 3.05) is 0 Å². The van der Waals surface area contributed by atoms with Crippen LogP contribution in [0.25, 0.3) is 11.5 Å². The summed E-state index contributed by atoms with van der Waals surface area (Å²) >= 11 is 0. The molecule has 0 spiro atoms.